The summed E-state index contributed by atoms with van der Waals surface area (Å²) in [7, 11) is 0. The van der Waals surface area contributed by atoms with Crippen LogP contribution in [0.15, 0.2) is 41.3 Å². The molecule has 0 nitrogen and oxygen atoms in total. The fraction of sp³-hybridized carbons (Fsp3) is 0.0769. The van der Waals surface area contributed by atoms with Crippen LogP contribution in [0.2, 0.25) is 0 Å². The van der Waals surface area contributed by atoms with Gasteiger partial charge in [-0.15, -0.1) is 0 Å². The number of fused-ring (bicyclic) bond motifs is 2. The van der Waals surface area contributed by atoms with E-state index in [0.29, 0.717) is 14.5 Å². The van der Waals surface area contributed by atoms with Crippen molar-refractivity contribution in [3.63, 3.8) is 0 Å². The monoisotopic (exact) mass is 246 g/mol. The summed E-state index contributed by atoms with van der Waals surface area (Å²) in [5.41, 5.74) is 1.45. The van der Waals surface area contributed by atoms with Crippen molar-refractivity contribution in [1.82, 2.24) is 0 Å². The van der Waals surface area contributed by atoms with E-state index in [1.54, 1.807) is 0 Å². The molecule has 0 N–H and O–H groups in total. The first-order valence-electron chi connectivity index (χ1n) is 4.71. The zero-order valence-corrected chi connectivity index (χ0v) is 9.66. The van der Waals surface area contributed by atoms with E-state index in [4.69, 9.17) is 0 Å². The van der Waals surface area contributed by atoms with Crippen LogP contribution >= 0.6 is 0 Å². The normalized spacial score (nSPS) is 11.2. The molecule has 2 aromatic carbocycles. The molecular weight excluding hydrogens is 235 g/mol. The van der Waals surface area contributed by atoms with Crippen LogP contribution in [0.5, 0.6) is 0 Å². The predicted molar refractivity (Wildman–Crippen MR) is 63.1 cm³/mol. The van der Waals surface area contributed by atoms with E-state index in [1.807, 2.05) is 0 Å². The number of benzene rings is 2. The third-order valence-corrected chi connectivity index (χ3v) is 4.87. The van der Waals surface area contributed by atoms with Crippen LogP contribution in [0.1, 0.15) is 5.56 Å². The average molecular weight is 245 g/mol. The Hall–Kier alpha value is -1.04. The standard InChI is InChI=1S/C13H10Se/c1-9-8-14-13-7-11-5-3-2-4-10(11)6-12(9)13/h2-8H,1H3. The van der Waals surface area contributed by atoms with Crippen molar-refractivity contribution in [1.29, 1.82) is 0 Å². The first-order valence-corrected chi connectivity index (χ1v) is 6.56. The van der Waals surface area contributed by atoms with Crippen molar-refractivity contribution in [2.75, 3.05) is 0 Å². The first kappa shape index (κ1) is 8.28. The quantitative estimate of drug-likeness (QED) is 0.533. The molecule has 68 valence electrons. The molecule has 3 aromatic rings. The molecule has 0 aliphatic rings. The Morgan fingerprint density at radius 1 is 1.00 bits per heavy atom. The number of rotatable bonds is 0. The SMILES string of the molecule is Cc1c[se]c2cc3ccccc3cc12. The van der Waals surface area contributed by atoms with Crippen LogP contribution < -0.4 is 0 Å². The van der Waals surface area contributed by atoms with E-state index in [-0.39, 0.29) is 0 Å². The van der Waals surface area contributed by atoms with Crippen LogP contribution in [-0.2, 0) is 0 Å². The second-order valence-corrected chi connectivity index (χ2v) is 5.53. The van der Waals surface area contributed by atoms with Crippen molar-refractivity contribution in [3.8, 4) is 0 Å². The van der Waals surface area contributed by atoms with Gasteiger partial charge in [0.15, 0.2) is 0 Å². The van der Waals surface area contributed by atoms with Gasteiger partial charge in [0.05, 0.1) is 0 Å². The zero-order valence-electron chi connectivity index (χ0n) is 7.95. The molecule has 1 heterocycles. The average Bonchev–Trinajstić information content (AvgIpc) is 2.57. The van der Waals surface area contributed by atoms with Crippen LogP contribution in [0.25, 0.3) is 20.4 Å². The molecule has 0 spiro atoms. The zero-order chi connectivity index (χ0) is 9.54. The van der Waals surface area contributed by atoms with Crippen LogP contribution in [0, 0.1) is 6.92 Å². The molecule has 0 fully saturated rings. The van der Waals surface area contributed by atoms with Gasteiger partial charge >= 0.3 is 88.7 Å². The maximum atomic E-state index is 2.37. The summed E-state index contributed by atoms with van der Waals surface area (Å²) >= 11 is 0.559. The van der Waals surface area contributed by atoms with Crippen molar-refractivity contribution in [2.45, 2.75) is 6.92 Å². The summed E-state index contributed by atoms with van der Waals surface area (Å²) in [6.07, 6.45) is 0. The van der Waals surface area contributed by atoms with Gasteiger partial charge in [-0.05, 0) is 0 Å². The van der Waals surface area contributed by atoms with Crippen molar-refractivity contribution in [2.24, 2.45) is 0 Å². The molecule has 0 amide bonds. The molecule has 0 saturated carbocycles. The van der Waals surface area contributed by atoms with E-state index in [0.717, 1.165) is 0 Å². The minimum absolute atomic E-state index is 0.559. The molecule has 0 bridgehead atoms. The van der Waals surface area contributed by atoms with E-state index >= 15 is 0 Å². The number of aryl methyl sites for hydroxylation is 1. The van der Waals surface area contributed by atoms with Crippen LogP contribution in [0.3, 0.4) is 0 Å². The van der Waals surface area contributed by atoms with Gasteiger partial charge in [-0.2, -0.15) is 0 Å². The molecule has 1 heteroatoms. The van der Waals surface area contributed by atoms with Gasteiger partial charge < -0.3 is 0 Å². The summed E-state index contributed by atoms with van der Waals surface area (Å²) in [6.45, 7) is 2.21. The molecule has 0 saturated heterocycles. The molecule has 14 heavy (non-hydrogen) atoms. The van der Waals surface area contributed by atoms with E-state index in [9.17, 15) is 0 Å². The third kappa shape index (κ3) is 1.13. The Labute approximate surface area is 88.9 Å². The van der Waals surface area contributed by atoms with E-state index in [2.05, 4.69) is 48.3 Å². The Morgan fingerprint density at radius 3 is 2.50 bits per heavy atom. The number of hydrogen-bond acceptors (Lipinski definition) is 0. The second kappa shape index (κ2) is 2.98. The minimum atomic E-state index is 0.559. The third-order valence-electron chi connectivity index (χ3n) is 2.64. The fourth-order valence-corrected chi connectivity index (χ4v) is 3.88. The molecule has 3 rings (SSSR count). The van der Waals surface area contributed by atoms with Gasteiger partial charge in [-0.3, -0.25) is 0 Å². The van der Waals surface area contributed by atoms with Gasteiger partial charge in [0.25, 0.3) is 0 Å². The second-order valence-electron chi connectivity index (χ2n) is 3.61. The van der Waals surface area contributed by atoms with Crippen molar-refractivity contribution in [3.05, 3.63) is 46.9 Å². The molecule has 0 atom stereocenters. The maximum absolute atomic E-state index is 2.37. The Morgan fingerprint density at radius 2 is 1.71 bits per heavy atom. The van der Waals surface area contributed by atoms with Gasteiger partial charge in [-0.1, -0.05) is 0 Å². The fourth-order valence-electron chi connectivity index (χ4n) is 1.84. The van der Waals surface area contributed by atoms with E-state index in [1.165, 1.54) is 26.0 Å². The topological polar surface area (TPSA) is 0 Å². The molecule has 0 aliphatic carbocycles. The van der Waals surface area contributed by atoms with Crippen LogP contribution in [0.4, 0.5) is 0 Å². The summed E-state index contributed by atoms with van der Waals surface area (Å²) < 4.78 is 1.54. The molecular formula is C13H10Se. The van der Waals surface area contributed by atoms with Crippen molar-refractivity contribution >= 4 is 34.9 Å². The Kier molecular flexibility index (Phi) is 1.76. The van der Waals surface area contributed by atoms with E-state index < -0.39 is 0 Å². The molecule has 0 radical (unpaired) electrons. The summed E-state index contributed by atoms with van der Waals surface area (Å²) in [5.74, 6) is 0. The Bertz CT molecular complexity index is 605. The van der Waals surface area contributed by atoms with Gasteiger partial charge in [0, 0.05) is 0 Å². The number of hydrogen-bond donors (Lipinski definition) is 0. The van der Waals surface area contributed by atoms with Crippen molar-refractivity contribution < 1.29 is 0 Å². The summed E-state index contributed by atoms with van der Waals surface area (Å²) in [6, 6.07) is 13.3. The summed E-state index contributed by atoms with van der Waals surface area (Å²) in [4.78, 5) is 2.37. The summed E-state index contributed by atoms with van der Waals surface area (Å²) in [5, 5.41) is 4.19. The van der Waals surface area contributed by atoms with Crippen LogP contribution in [-0.4, -0.2) is 14.5 Å². The van der Waals surface area contributed by atoms with Gasteiger partial charge in [0.1, 0.15) is 0 Å². The molecule has 1 aromatic heterocycles. The van der Waals surface area contributed by atoms with Gasteiger partial charge in [-0.25, -0.2) is 0 Å². The molecule has 0 unspecified atom stereocenters. The first-order chi connectivity index (χ1) is 6.84. The Balaban J connectivity index is 2.54. The predicted octanol–water partition coefficient (Wildman–Crippen LogP) is 3.36. The van der Waals surface area contributed by atoms with Gasteiger partial charge in [0.2, 0.25) is 0 Å². The molecule has 0 aliphatic heterocycles.